The number of carbonyl (C=O) groups excluding carboxylic acids is 1. The third-order valence-corrected chi connectivity index (χ3v) is 2.76. The summed E-state index contributed by atoms with van der Waals surface area (Å²) in [6.45, 7) is 1.67. The molecule has 1 aromatic carbocycles. The van der Waals surface area contributed by atoms with E-state index in [9.17, 15) is 9.90 Å². The molecule has 0 radical (unpaired) electrons. The molecule has 2 rings (SSSR count). The zero-order valence-electron chi connectivity index (χ0n) is 10.7. The first-order valence-corrected chi connectivity index (χ1v) is 5.85. The molecule has 6 nitrogen and oxygen atoms in total. The van der Waals surface area contributed by atoms with Gasteiger partial charge >= 0.3 is 0 Å². The number of rotatable bonds is 3. The van der Waals surface area contributed by atoms with Crippen molar-refractivity contribution in [1.82, 2.24) is 4.98 Å². The van der Waals surface area contributed by atoms with E-state index in [-0.39, 0.29) is 11.3 Å². The topological polar surface area (TPSA) is 94.8 Å². The fourth-order valence-corrected chi connectivity index (χ4v) is 1.63. The molecule has 0 aliphatic rings. The zero-order chi connectivity index (χ0) is 14.5. The molecule has 0 saturated heterocycles. The molecule has 0 atom stereocenters. The van der Waals surface area contributed by atoms with E-state index >= 15 is 0 Å². The summed E-state index contributed by atoms with van der Waals surface area (Å²) in [4.78, 5) is 15.7. The Hall–Kier alpha value is -2.89. The van der Waals surface area contributed by atoms with E-state index in [1.165, 1.54) is 18.5 Å². The van der Waals surface area contributed by atoms with E-state index in [0.717, 1.165) is 5.56 Å². The van der Waals surface area contributed by atoms with Crippen LogP contribution in [-0.4, -0.2) is 26.9 Å². The molecule has 0 spiro atoms. The number of benzene rings is 1. The summed E-state index contributed by atoms with van der Waals surface area (Å²) in [5.41, 5.74) is 1.95. The van der Waals surface area contributed by atoms with Crippen LogP contribution >= 0.6 is 0 Å². The lowest BCUT2D eigenvalue weighted by Gasteiger charge is -2.07. The number of oxime groups is 1. The number of carbonyl (C=O) groups is 1. The average molecular weight is 271 g/mol. The van der Waals surface area contributed by atoms with Crippen LogP contribution in [0, 0.1) is 0 Å². The maximum absolute atomic E-state index is 11.9. The standard InChI is InChI=1S/C14H13N3O3/c1-9(17-20)10-2-4-11(5-3-10)16-14(19)12-6-7-15-8-13(12)18/h2-8,18,20H,1H3,(H,16,19)/b17-9-. The van der Waals surface area contributed by atoms with E-state index in [4.69, 9.17) is 5.21 Å². The number of nitrogens with one attached hydrogen (secondary N) is 1. The number of aromatic nitrogens is 1. The maximum Gasteiger partial charge on any atom is 0.259 e. The number of anilines is 1. The Kier molecular flexibility index (Phi) is 3.95. The second-order valence-corrected chi connectivity index (χ2v) is 4.11. The smallest absolute Gasteiger partial charge is 0.259 e. The summed E-state index contributed by atoms with van der Waals surface area (Å²) in [6.07, 6.45) is 2.64. The molecule has 1 amide bonds. The van der Waals surface area contributed by atoms with Crippen LogP contribution in [0.2, 0.25) is 0 Å². The van der Waals surface area contributed by atoms with Crippen LogP contribution in [0.5, 0.6) is 5.75 Å². The van der Waals surface area contributed by atoms with Crippen LogP contribution in [0.1, 0.15) is 22.8 Å². The summed E-state index contributed by atoms with van der Waals surface area (Å²) in [5.74, 6) is -0.602. The molecule has 1 aromatic heterocycles. The third kappa shape index (κ3) is 2.92. The van der Waals surface area contributed by atoms with E-state index in [1.807, 2.05) is 0 Å². The van der Waals surface area contributed by atoms with Crippen molar-refractivity contribution < 1.29 is 15.1 Å². The van der Waals surface area contributed by atoms with Gasteiger partial charge in [0.1, 0.15) is 5.75 Å². The molecule has 0 saturated carbocycles. The number of pyridine rings is 1. The summed E-state index contributed by atoms with van der Waals surface area (Å²) >= 11 is 0. The molecular formula is C14H13N3O3. The molecule has 1 heterocycles. The molecule has 20 heavy (non-hydrogen) atoms. The Labute approximate surface area is 115 Å². The monoisotopic (exact) mass is 271 g/mol. The van der Waals surface area contributed by atoms with Gasteiger partial charge in [0.05, 0.1) is 17.5 Å². The lowest BCUT2D eigenvalue weighted by Crippen LogP contribution is -2.12. The van der Waals surface area contributed by atoms with Gasteiger partial charge in [-0.2, -0.15) is 0 Å². The van der Waals surface area contributed by atoms with Gasteiger partial charge in [-0.1, -0.05) is 17.3 Å². The van der Waals surface area contributed by atoms with Crippen molar-refractivity contribution >= 4 is 17.3 Å². The Morgan fingerprint density at radius 1 is 1.25 bits per heavy atom. The van der Waals surface area contributed by atoms with Gasteiger partial charge in [0, 0.05) is 11.9 Å². The first-order chi connectivity index (χ1) is 9.61. The summed E-state index contributed by atoms with van der Waals surface area (Å²) in [6, 6.07) is 8.23. The third-order valence-electron chi connectivity index (χ3n) is 2.76. The van der Waals surface area contributed by atoms with E-state index < -0.39 is 5.91 Å². The number of amides is 1. The second-order valence-electron chi connectivity index (χ2n) is 4.11. The lowest BCUT2D eigenvalue weighted by molar-refractivity contribution is 0.102. The maximum atomic E-state index is 11.9. The van der Waals surface area contributed by atoms with Gasteiger partial charge in [-0.05, 0) is 30.7 Å². The summed E-state index contributed by atoms with van der Waals surface area (Å²) in [5, 5.41) is 24.0. The van der Waals surface area contributed by atoms with Gasteiger partial charge in [-0.3, -0.25) is 9.78 Å². The Bertz CT molecular complexity index is 651. The molecule has 3 N–H and O–H groups in total. The van der Waals surface area contributed by atoms with Gasteiger partial charge in [0.15, 0.2) is 0 Å². The highest BCUT2D eigenvalue weighted by molar-refractivity contribution is 6.06. The molecular weight excluding hydrogens is 258 g/mol. The molecule has 0 unspecified atom stereocenters. The number of hydrogen-bond donors (Lipinski definition) is 3. The van der Waals surface area contributed by atoms with Gasteiger partial charge in [-0.25, -0.2) is 0 Å². The SMILES string of the molecule is C/C(=N/O)c1ccc(NC(=O)c2ccncc2O)cc1. The largest absolute Gasteiger partial charge is 0.505 e. The summed E-state index contributed by atoms with van der Waals surface area (Å²) in [7, 11) is 0. The highest BCUT2D eigenvalue weighted by Crippen LogP contribution is 2.17. The van der Waals surface area contributed by atoms with Crippen LogP contribution < -0.4 is 5.32 Å². The fourth-order valence-electron chi connectivity index (χ4n) is 1.63. The van der Waals surface area contributed by atoms with Gasteiger partial charge < -0.3 is 15.6 Å². The van der Waals surface area contributed by atoms with Crippen LogP contribution in [0.25, 0.3) is 0 Å². The molecule has 0 aliphatic carbocycles. The molecule has 0 bridgehead atoms. The minimum Gasteiger partial charge on any atom is -0.505 e. The molecule has 102 valence electrons. The first-order valence-electron chi connectivity index (χ1n) is 5.85. The minimum absolute atomic E-state index is 0.150. The first kappa shape index (κ1) is 13.5. The van der Waals surface area contributed by atoms with Crippen molar-refractivity contribution in [2.45, 2.75) is 6.92 Å². The van der Waals surface area contributed by atoms with Gasteiger partial charge in [0.25, 0.3) is 5.91 Å². The molecule has 0 aliphatic heterocycles. The Morgan fingerprint density at radius 2 is 1.95 bits per heavy atom. The van der Waals surface area contributed by atoms with Crippen LogP contribution in [0.3, 0.4) is 0 Å². The predicted molar refractivity (Wildman–Crippen MR) is 74.3 cm³/mol. The minimum atomic E-state index is -0.426. The van der Waals surface area contributed by atoms with Crippen molar-refractivity contribution in [2.75, 3.05) is 5.32 Å². The van der Waals surface area contributed by atoms with Crippen molar-refractivity contribution in [3.8, 4) is 5.75 Å². The van der Waals surface area contributed by atoms with E-state index in [1.54, 1.807) is 31.2 Å². The Balaban J connectivity index is 2.15. The average Bonchev–Trinajstić information content (AvgIpc) is 2.47. The van der Waals surface area contributed by atoms with Crippen LogP contribution in [0.15, 0.2) is 47.9 Å². The second kappa shape index (κ2) is 5.83. The number of hydrogen-bond acceptors (Lipinski definition) is 5. The highest BCUT2D eigenvalue weighted by atomic mass is 16.4. The van der Waals surface area contributed by atoms with Gasteiger partial charge in [-0.15, -0.1) is 0 Å². The normalized spacial score (nSPS) is 11.2. The number of aromatic hydroxyl groups is 1. The Morgan fingerprint density at radius 3 is 2.55 bits per heavy atom. The fraction of sp³-hybridized carbons (Fsp3) is 0.0714. The molecule has 6 heteroatoms. The number of nitrogens with zero attached hydrogens (tertiary/aromatic N) is 2. The molecule has 2 aromatic rings. The van der Waals surface area contributed by atoms with E-state index in [2.05, 4.69) is 15.5 Å². The van der Waals surface area contributed by atoms with Crippen molar-refractivity contribution in [3.05, 3.63) is 53.9 Å². The van der Waals surface area contributed by atoms with Crippen molar-refractivity contribution in [3.63, 3.8) is 0 Å². The highest BCUT2D eigenvalue weighted by Gasteiger charge is 2.10. The predicted octanol–water partition coefficient (Wildman–Crippen LogP) is 2.24. The van der Waals surface area contributed by atoms with Crippen LogP contribution in [0.4, 0.5) is 5.69 Å². The van der Waals surface area contributed by atoms with Gasteiger partial charge in [0.2, 0.25) is 0 Å². The zero-order valence-corrected chi connectivity index (χ0v) is 10.7. The lowest BCUT2D eigenvalue weighted by atomic mass is 10.1. The summed E-state index contributed by atoms with van der Waals surface area (Å²) < 4.78 is 0. The molecule has 0 fully saturated rings. The van der Waals surface area contributed by atoms with Crippen LogP contribution in [-0.2, 0) is 0 Å². The van der Waals surface area contributed by atoms with Crippen molar-refractivity contribution in [1.29, 1.82) is 0 Å². The van der Waals surface area contributed by atoms with Crippen molar-refractivity contribution in [2.24, 2.45) is 5.16 Å². The van der Waals surface area contributed by atoms with E-state index in [0.29, 0.717) is 11.4 Å². The quantitative estimate of drug-likeness (QED) is 0.453.